The Morgan fingerprint density at radius 2 is 1.78 bits per heavy atom. The van der Waals surface area contributed by atoms with Crippen molar-refractivity contribution in [3.63, 3.8) is 0 Å². The molecule has 0 saturated carbocycles. The summed E-state index contributed by atoms with van der Waals surface area (Å²) in [5.41, 5.74) is 1.36. The number of fused-ring (bicyclic) bond motifs is 1. The van der Waals surface area contributed by atoms with Crippen molar-refractivity contribution in [1.82, 2.24) is 0 Å². The standard InChI is InChI=1S/C15H15NS2/c1-16-13-9-5-6-10-14(13)18-15(16)11-17-12-7-3-2-4-8-12/h2-10,15H,11H2,1H3/t15-/m0/s1. The minimum absolute atomic E-state index is 0.535. The molecule has 1 atom stereocenters. The van der Waals surface area contributed by atoms with Crippen molar-refractivity contribution in [2.75, 3.05) is 17.7 Å². The van der Waals surface area contributed by atoms with Crippen LogP contribution in [0.25, 0.3) is 0 Å². The third-order valence-corrected chi connectivity index (χ3v) is 5.73. The van der Waals surface area contributed by atoms with Crippen LogP contribution in [0.5, 0.6) is 0 Å². The van der Waals surface area contributed by atoms with Crippen LogP contribution in [-0.2, 0) is 0 Å². The molecule has 0 spiro atoms. The minimum atomic E-state index is 0.535. The van der Waals surface area contributed by atoms with Gasteiger partial charge in [-0.25, -0.2) is 0 Å². The average Bonchev–Trinajstić information content (AvgIpc) is 2.75. The summed E-state index contributed by atoms with van der Waals surface area (Å²) in [7, 11) is 2.19. The molecule has 0 amide bonds. The van der Waals surface area contributed by atoms with Crippen LogP contribution in [0.1, 0.15) is 0 Å². The zero-order valence-corrected chi connectivity index (χ0v) is 11.9. The molecule has 1 aliphatic heterocycles. The first kappa shape index (κ1) is 12.0. The number of hydrogen-bond acceptors (Lipinski definition) is 3. The molecule has 2 aromatic rings. The SMILES string of the molecule is CN1c2ccccc2S[C@H]1CSc1ccccc1. The summed E-state index contributed by atoms with van der Waals surface area (Å²) in [6, 6.07) is 19.3. The highest BCUT2D eigenvalue weighted by atomic mass is 32.2. The predicted molar refractivity (Wildman–Crippen MR) is 81.7 cm³/mol. The summed E-state index contributed by atoms with van der Waals surface area (Å²) < 4.78 is 0. The molecule has 1 aliphatic rings. The monoisotopic (exact) mass is 273 g/mol. The highest BCUT2D eigenvalue weighted by Crippen LogP contribution is 2.43. The van der Waals surface area contributed by atoms with Crippen LogP contribution >= 0.6 is 23.5 Å². The summed E-state index contributed by atoms with van der Waals surface area (Å²) in [5, 5.41) is 0.535. The van der Waals surface area contributed by atoms with Crippen molar-refractivity contribution >= 4 is 29.2 Å². The number of anilines is 1. The number of nitrogens with zero attached hydrogens (tertiary/aromatic N) is 1. The Morgan fingerprint density at radius 3 is 2.56 bits per heavy atom. The number of rotatable bonds is 3. The number of thioether (sulfide) groups is 2. The van der Waals surface area contributed by atoms with E-state index in [-0.39, 0.29) is 0 Å². The van der Waals surface area contributed by atoms with Gasteiger partial charge in [0.25, 0.3) is 0 Å². The molecule has 0 N–H and O–H groups in total. The van der Waals surface area contributed by atoms with E-state index < -0.39 is 0 Å². The largest absolute Gasteiger partial charge is 0.360 e. The molecule has 18 heavy (non-hydrogen) atoms. The van der Waals surface area contributed by atoms with Crippen LogP contribution in [0.15, 0.2) is 64.4 Å². The lowest BCUT2D eigenvalue weighted by molar-refractivity contribution is 0.933. The Kier molecular flexibility index (Phi) is 3.52. The Hall–Kier alpha value is -1.06. The maximum atomic E-state index is 2.38. The van der Waals surface area contributed by atoms with E-state index in [1.165, 1.54) is 15.5 Å². The fraction of sp³-hybridized carbons (Fsp3) is 0.200. The molecule has 3 rings (SSSR count). The Bertz CT molecular complexity index is 527. The van der Waals surface area contributed by atoms with Crippen LogP contribution in [0.2, 0.25) is 0 Å². The molecular formula is C15H15NS2. The molecule has 0 saturated heterocycles. The van der Waals surface area contributed by atoms with Gasteiger partial charge in [-0.2, -0.15) is 0 Å². The molecule has 1 nitrogen and oxygen atoms in total. The first-order chi connectivity index (χ1) is 8.84. The summed E-state index contributed by atoms with van der Waals surface area (Å²) >= 11 is 3.90. The maximum absolute atomic E-state index is 2.38. The van der Waals surface area contributed by atoms with E-state index in [1.807, 2.05) is 23.5 Å². The lowest BCUT2D eigenvalue weighted by Crippen LogP contribution is -2.26. The Labute approximate surface area is 117 Å². The number of hydrogen-bond donors (Lipinski definition) is 0. The van der Waals surface area contributed by atoms with Crippen LogP contribution in [0.3, 0.4) is 0 Å². The van der Waals surface area contributed by atoms with Crippen LogP contribution in [0.4, 0.5) is 5.69 Å². The van der Waals surface area contributed by atoms with E-state index in [4.69, 9.17) is 0 Å². The second kappa shape index (κ2) is 5.29. The molecule has 0 radical (unpaired) electrons. The van der Waals surface area contributed by atoms with Crippen molar-refractivity contribution in [3.05, 3.63) is 54.6 Å². The molecule has 2 aromatic carbocycles. The Balaban J connectivity index is 1.66. The summed E-state index contributed by atoms with van der Waals surface area (Å²) in [4.78, 5) is 5.14. The molecule has 3 heteroatoms. The third-order valence-electron chi connectivity index (χ3n) is 3.08. The third kappa shape index (κ3) is 2.38. The van der Waals surface area contributed by atoms with Crippen LogP contribution in [-0.4, -0.2) is 18.2 Å². The second-order valence-electron chi connectivity index (χ2n) is 4.28. The van der Waals surface area contributed by atoms with E-state index >= 15 is 0 Å². The first-order valence-corrected chi connectivity index (χ1v) is 7.87. The topological polar surface area (TPSA) is 3.24 Å². The summed E-state index contributed by atoms with van der Waals surface area (Å²) in [6.45, 7) is 0. The first-order valence-electron chi connectivity index (χ1n) is 6.01. The Morgan fingerprint density at radius 1 is 1.06 bits per heavy atom. The van der Waals surface area contributed by atoms with Crippen molar-refractivity contribution in [1.29, 1.82) is 0 Å². The molecule has 0 aliphatic carbocycles. The van der Waals surface area contributed by atoms with Crippen molar-refractivity contribution in [2.45, 2.75) is 15.2 Å². The fourth-order valence-corrected chi connectivity index (χ4v) is 4.50. The van der Waals surface area contributed by atoms with E-state index in [0.29, 0.717) is 5.37 Å². The van der Waals surface area contributed by atoms with Crippen molar-refractivity contribution in [3.8, 4) is 0 Å². The number of para-hydroxylation sites is 1. The van der Waals surface area contributed by atoms with Crippen LogP contribution < -0.4 is 4.90 Å². The van der Waals surface area contributed by atoms with Gasteiger partial charge in [-0.3, -0.25) is 0 Å². The van der Waals surface area contributed by atoms with Gasteiger partial charge in [0.15, 0.2) is 0 Å². The fourth-order valence-electron chi connectivity index (χ4n) is 2.06. The lowest BCUT2D eigenvalue weighted by atomic mass is 10.3. The van der Waals surface area contributed by atoms with Crippen molar-refractivity contribution < 1.29 is 0 Å². The minimum Gasteiger partial charge on any atom is -0.360 e. The molecular weight excluding hydrogens is 258 g/mol. The van der Waals surface area contributed by atoms with Gasteiger partial charge < -0.3 is 4.90 Å². The van der Waals surface area contributed by atoms with Gasteiger partial charge in [0.2, 0.25) is 0 Å². The zero-order valence-electron chi connectivity index (χ0n) is 10.2. The zero-order chi connectivity index (χ0) is 12.4. The number of benzene rings is 2. The van der Waals surface area contributed by atoms with E-state index in [1.54, 1.807) is 0 Å². The summed E-state index contributed by atoms with van der Waals surface area (Å²) in [5.74, 6) is 1.11. The van der Waals surface area contributed by atoms with Gasteiger partial charge in [-0.05, 0) is 24.3 Å². The van der Waals surface area contributed by atoms with Gasteiger partial charge >= 0.3 is 0 Å². The normalized spacial score (nSPS) is 17.8. The van der Waals surface area contributed by atoms with Crippen molar-refractivity contribution in [2.24, 2.45) is 0 Å². The molecule has 92 valence electrons. The van der Waals surface area contributed by atoms with E-state index in [0.717, 1.165) is 5.75 Å². The summed E-state index contributed by atoms with van der Waals surface area (Å²) in [6.07, 6.45) is 0. The smallest absolute Gasteiger partial charge is 0.0888 e. The molecule has 0 fully saturated rings. The second-order valence-corrected chi connectivity index (χ2v) is 6.59. The molecule has 0 aromatic heterocycles. The van der Waals surface area contributed by atoms with Gasteiger partial charge in [0, 0.05) is 22.6 Å². The maximum Gasteiger partial charge on any atom is 0.0888 e. The molecule has 1 heterocycles. The van der Waals surface area contributed by atoms with Gasteiger partial charge in [0.05, 0.1) is 11.1 Å². The van der Waals surface area contributed by atoms with E-state index in [9.17, 15) is 0 Å². The molecule has 0 unspecified atom stereocenters. The predicted octanol–water partition coefficient (Wildman–Crippen LogP) is 4.35. The van der Waals surface area contributed by atoms with Gasteiger partial charge in [-0.15, -0.1) is 11.8 Å². The average molecular weight is 273 g/mol. The van der Waals surface area contributed by atoms with E-state index in [2.05, 4.69) is 66.5 Å². The highest BCUT2D eigenvalue weighted by molar-refractivity contribution is 8.03. The van der Waals surface area contributed by atoms with Gasteiger partial charge in [0.1, 0.15) is 0 Å². The van der Waals surface area contributed by atoms with Crippen LogP contribution in [0, 0.1) is 0 Å². The quantitative estimate of drug-likeness (QED) is 0.766. The molecule has 0 bridgehead atoms. The van der Waals surface area contributed by atoms with Gasteiger partial charge in [-0.1, -0.05) is 42.1 Å². The lowest BCUT2D eigenvalue weighted by Gasteiger charge is -2.21. The highest BCUT2D eigenvalue weighted by Gasteiger charge is 2.26.